The summed E-state index contributed by atoms with van der Waals surface area (Å²) < 4.78 is 2.65. The summed E-state index contributed by atoms with van der Waals surface area (Å²) in [5.41, 5.74) is 2.37. The van der Waals surface area contributed by atoms with Crippen molar-refractivity contribution in [2.45, 2.75) is 33.2 Å². The van der Waals surface area contributed by atoms with Gasteiger partial charge in [0.1, 0.15) is 0 Å². The summed E-state index contributed by atoms with van der Waals surface area (Å²) in [4.78, 5) is 10.8. The molecule has 0 saturated heterocycles. The molecule has 112 valence electrons. The van der Waals surface area contributed by atoms with Crippen LogP contribution in [0.4, 0.5) is 0 Å². The third-order valence-corrected chi connectivity index (χ3v) is 3.90. The van der Waals surface area contributed by atoms with Crippen molar-refractivity contribution < 1.29 is 9.90 Å². The maximum absolute atomic E-state index is 10.8. The van der Waals surface area contributed by atoms with Gasteiger partial charge in [-0.25, -0.2) is 9.48 Å². The highest BCUT2D eigenvalue weighted by Crippen LogP contribution is 2.18. The lowest BCUT2D eigenvalue weighted by molar-refractivity contribution is 0.0697. The van der Waals surface area contributed by atoms with E-state index in [2.05, 4.69) is 40.1 Å². The molecule has 0 saturated carbocycles. The molecule has 0 amide bonds. The van der Waals surface area contributed by atoms with Gasteiger partial charge in [-0.2, -0.15) is 0 Å². The lowest BCUT2D eigenvalue weighted by atomic mass is 10.1. The fourth-order valence-electron chi connectivity index (χ4n) is 2.02. The first-order valence-electron chi connectivity index (χ1n) is 6.87. The van der Waals surface area contributed by atoms with Gasteiger partial charge in [0.2, 0.25) is 0 Å². The molecule has 21 heavy (non-hydrogen) atoms. The van der Waals surface area contributed by atoms with E-state index in [-0.39, 0.29) is 0 Å². The van der Waals surface area contributed by atoms with Gasteiger partial charge in [0.15, 0.2) is 4.60 Å². The van der Waals surface area contributed by atoms with Crippen LogP contribution in [-0.4, -0.2) is 26.1 Å². The Labute approximate surface area is 132 Å². The number of hydrogen-bond donors (Lipinski definition) is 1. The molecule has 0 unspecified atom stereocenters. The van der Waals surface area contributed by atoms with Crippen molar-refractivity contribution in [1.29, 1.82) is 0 Å². The van der Waals surface area contributed by atoms with Crippen molar-refractivity contribution in [3.05, 3.63) is 45.7 Å². The second-order valence-corrected chi connectivity index (χ2v) is 6.17. The summed E-state index contributed by atoms with van der Waals surface area (Å²) in [5.74, 6) is -0.294. The van der Waals surface area contributed by atoms with Gasteiger partial charge in [0, 0.05) is 0 Å². The van der Waals surface area contributed by atoms with Gasteiger partial charge in [-0.3, -0.25) is 0 Å². The molecule has 0 spiro atoms. The van der Waals surface area contributed by atoms with Gasteiger partial charge >= 0.3 is 5.97 Å². The van der Waals surface area contributed by atoms with Gasteiger partial charge in [-0.1, -0.05) is 31.2 Å². The minimum absolute atomic E-state index is 0.290. The molecule has 0 aliphatic heterocycles. The standard InChI is InChI=1S/C15H18BrN3O2/c1-10(2)3-8-13-14(16)17-18-19(13)9-11-4-6-12(7-5-11)15(20)21/h4-7,10H,3,8-9H2,1-2H3,(H,20,21). The van der Waals surface area contributed by atoms with Crippen LogP contribution in [0.2, 0.25) is 0 Å². The largest absolute Gasteiger partial charge is 0.478 e. The SMILES string of the molecule is CC(C)CCc1c(Br)nnn1Cc1ccc(C(=O)O)cc1. The molecular formula is C15H18BrN3O2. The van der Waals surface area contributed by atoms with E-state index in [0.29, 0.717) is 18.0 Å². The third-order valence-electron chi connectivity index (χ3n) is 3.28. The average molecular weight is 352 g/mol. The molecule has 0 bridgehead atoms. The van der Waals surface area contributed by atoms with E-state index < -0.39 is 5.97 Å². The van der Waals surface area contributed by atoms with Crippen molar-refractivity contribution in [2.24, 2.45) is 5.92 Å². The molecule has 5 nitrogen and oxygen atoms in total. The van der Waals surface area contributed by atoms with E-state index >= 15 is 0 Å². The van der Waals surface area contributed by atoms with E-state index in [0.717, 1.165) is 28.7 Å². The molecule has 1 N–H and O–H groups in total. The minimum atomic E-state index is -0.914. The normalized spacial score (nSPS) is 11.0. The number of benzene rings is 1. The maximum atomic E-state index is 10.8. The molecule has 0 fully saturated rings. The number of carboxylic acid groups (broad SMARTS) is 1. The third kappa shape index (κ3) is 4.14. The van der Waals surface area contributed by atoms with Crippen molar-refractivity contribution >= 4 is 21.9 Å². The number of carbonyl (C=O) groups is 1. The predicted octanol–water partition coefficient (Wildman–Crippen LogP) is 3.38. The molecule has 1 heterocycles. The van der Waals surface area contributed by atoms with Crippen LogP contribution in [0.5, 0.6) is 0 Å². The van der Waals surface area contributed by atoms with Crippen LogP contribution in [-0.2, 0) is 13.0 Å². The topological polar surface area (TPSA) is 68.0 Å². The van der Waals surface area contributed by atoms with Crippen LogP contribution in [0.15, 0.2) is 28.9 Å². The maximum Gasteiger partial charge on any atom is 0.335 e. The van der Waals surface area contributed by atoms with E-state index in [9.17, 15) is 4.79 Å². The number of hydrogen-bond acceptors (Lipinski definition) is 3. The molecule has 0 aliphatic rings. The fourth-order valence-corrected chi connectivity index (χ4v) is 2.50. The Bertz CT molecular complexity index is 620. The lowest BCUT2D eigenvalue weighted by Crippen LogP contribution is -2.08. The summed E-state index contributed by atoms with van der Waals surface area (Å²) in [7, 11) is 0. The molecule has 0 aliphatic carbocycles. The Morgan fingerprint density at radius 2 is 2.00 bits per heavy atom. The first kappa shape index (κ1) is 15.7. The summed E-state index contributed by atoms with van der Waals surface area (Å²) >= 11 is 3.44. The van der Waals surface area contributed by atoms with Crippen LogP contribution in [0.1, 0.15) is 41.9 Å². The molecule has 2 rings (SSSR count). The van der Waals surface area contributed by atoms with Crippen molar-refractivity contribution in [3.63, 3.8) is 0 Å². The molecular weight excluding hydrogens is 334 g/mol. The second kappa shape index (κ2) is 6.85. The first-order valence-corrected chi connectivity index (χ1v) is 7.66. The average Bonchev–Trinajstić information content (AvgIpc) is 2.77. The summed E-state index contributed by atoms with van der Waals surface area (Å²) in [6.07, 6.45) is 1.99. The van der Waals surface area contributed by atoms with E-state index in [1.165, 1.54) is 0 Å². The van der Waals surface area contributed by atoms with Crippen molar-refractivity contribution in [3.8, 4) is 0 Å². The van der Waals surface area contributed by atoms with Gasteiger partial charge in [-0.15, -0.1) is 5.10 Å². The number of aromatic carboxylic acids is 1. The number of aromatic nitrogens is 3. The Hall–Kier alpha value is -1.69. The molecule has 1 aromatic carbocycles. The summed E-state index contributed by atoms with van der Waals surface area (Å²) in [6, 6.07) is 6.84. The molecule has 2 aromatic rings. The highest BCUT2D eigenvalue weighted by Gasteiger charge is 2.12. The molecule has 1 aromatic heterocycles. The van der Waals surface area contributed by atoms with Crippen LogP contribution in [0, 0.1) is 5.92 Å². The zero-order valence-corrected chi connectivity index (χ0v) is 13.7. The number of halogens is 1. The van der Waals surface area contributed by atoms with Crippen LogP contribution in [0.3, 0.4) is 0 Å². The minimum Gasteiger partial charge on any atom is -0.478 e. The second-order valence-electron chi connectivity index (χ2n) is 5.42. The first-order chi connectivity index (χ1) is 9.97. The quantitative estimate of drug-likeness (QED) is 0.866. The lowest BCUT2D eigenvalue weighted by Gasteiger charge is -2.08. The number of rotatable bonds is 6. The van der Waals surface area contributed by atoms with E-state index in [4.69, 9.17) is 5.11 Å². The highest BCUT2D eigenvalue weighted by atomic mass is 79.9. The summed E-state index contributed by atoms with van der Waals surface area (Å²) in [5, 5.41) is 17.1. The smallest absolute Gasteiger partial charge is 0.335 e. The monoisotopic (exact) mass is 351 g/mol. The van der Waals surface area contributed by atoms with E-state index in [1.54, 1.807) is 12.1 Å². The Morgan fingerprint density at radius 1 is 1.33 bits per heavy atom. The fraction of sp³-hybridized carbons (Fsp3) is 0.400. The Balaban J connectivity index is 2.13. The Morgan fingerprint density at radius 3 is 2.57 bits per heavy atom. The number of carboxylic acids is 1. The van der Waals surface area contributed by atoms with Crippen molar-refractivity contribution in [1.82, 2.24) is 15.0 Å². The zero-order chi connectivity index (χ0) is 15.4. The van der Waals surface area contributed by atoms with Crippen LogP contribution >= 0.6 is 15.9 Å². The molecule has 0 atom stereocenters. The van der Waals surface area contributed by atoms with Gasteiger partial charge < -0.3 is 5.11 Å². The van der Waals surface area contributed by atoms with E-state index in [1.807, 2.05) is 16.8 Å². The van der Waals surface area contributed by atoms with Crippen molar-refractivity contribution in [2.75, 3.05) is 0 Å². The van der Waals surface area contributed by atoms with Gasteiger partial charge in [0.25, 0.3) is 0 Å². The highest BCUT2D eigenvalue weighted by molar-refractivity contribution is 9.10. The predicted molar refractivity (Wildman–Crippen MR) is 83.4 cm³/mol. The zero-order valence-electron chi connectivity index (χ0n) is 12.1. The number of nitrogens with zero attached hydrogens (tertiary/aromatic N) is 3. The molecule has 6 heteroatoms. The molecule has 0 radical (unpaired) electrons. The van der Waals surface area contributed by atoms with Crippen LogP contribution < -0.4 is 0 Å². The van der Waals surface area contributed by atoms with Gasteiger partial charge in [-0.05, 0) is 52.4 Å². The van der Waals surface area contributed by atoms with Crippen LogP contribution in [0.25, 0.3) is 0 Å². The summed E-state index contributed by atoms with van der Waals surface area (Å²) in [6.45, 7) is 4.96. The Kier molecular flexibility index (Phi) is 5.12. The van der Waals surface area contributed by atoms with Gasteiger partial charge in [0.05, 0.1) is 17.8 Å².